The highest BCUT2D eigenvalue weighted by Crippen LogP contribution is 2.25. The standard InChI is InChI=1S/C21H18ClFN2O3/c1-25-10-9-19(24-25)20(26)7-3-14-4-8-21(27-2)15(11-14)13-28-16-5-6-18(23)17(22)12-16/h3-12H,13H2,1-2H3/b7-3+. The van der Waals surface area contributed by atoms with Crippen LogP contribution < -0.4 is 9.47 Å². The molecule has 0 N–H and O–H groups in total. The van der Waals surface area contributed by atoms with Crippen molar-refractivity contribution < 1.29 is 18.7 Å². The second-order valence-electron chi connectivity index (χ2n) is 6.01. The van der Waals surface area contributed by atoms with Gasteiger partial charge in [-0.1, -0.05) is 23.7 Å². The Morgan fingerprint density at radius 3 is 2.75 bits per heavy atom. The molecule has 1 heterocycles. The molecule has 2 aromatic carbocycles. The molecule has 0 fully saturated rings. The normalized spacial score (nSPS) is 11.0. The number of methoxy groups -OCH3 is 1. The van der Waals surface area contributed by atoms with Crippen LogP contribution in [0.25, 0.3) is 6.08 Å². The molecule has 5 nitrogen and oxygen atoms in total. The molecule has 0 radical (unpaired) electrons. The Bertz CT molecular complexity index is 1030. The van der Waals surface area contributed by atoms with E-state index in [0.717, 1.165) is 11.1 Å². The lowest BCUT2D eigenvalue weighted by Crippen LogP contribution is -2.00. The van der Waals surface area contributed by atoms with Gasteiger partial charge in [-0.05, 0) is 42.0 Å². The van der Waals surface area contributed by atoms with E-state index in [0.29, 0.717) is 17.2 Å². The minimum atomic E-state index is -0.503. The maximum atomic E-state index is 13.3. The lowest BCUT2D eigenvalue weighted by atomic mass is 10.1. The van der Waals surface area contributed by atoms with Crippen molar-refractivity contribution >= 4 is 23.5 Å². The van der Waals surface area contributed by atoms with Crippen molar-refractivity contribution in [1.29, 1.82) is 0 Å². The quantitative estimate of drug-likeness (QED) is 0.426. The minimum absolute atomic E-state index is 0.00539. The number of aryl methyl sites for hydroxylation is 1. The summed E-state index contributed by atoms with van der Waals surface area (Å²) in [5.41, 5.74) is 1.96. The van der Waals surface area contributed by atoms with E-state index in [1.54, 1.807) is 43.2 Å². The molecular formula is C21H18ClFN2O3. The highest BCUT2D eigenvalue weighted by atomic mass is 35.5. The van der Waals surface area contributed by atoms with Gasteiger partial charge in [0.2, 0.25) is 5.78 Å². The Morgan fingerprint density at radius 1 is 1.25 bits per heavy atom. The molecule has 0 unspecified atom stereocenters. The fraction of sp³-hybridized carbons (Fsp3) is 0.143. The van der Waals surface area contributed by atoms with Crippen LogP contribution in [0.5, 0.6) is 11.5 Å². The summed E-state index contributed by atoms with van der Waals surface area (Å²) in [6.07, 6.45) is 4.88. The molecule has 1 aromatic heterocycles. The first-order chi connectivity index (χ1) is 13.5. The number of halogens is 2. The summed E-state index contributed by atoms with van der Waals surface area (Å²) >= 11 is 5.77. The molecule has 3 rings (SSSR count). The molecule has 0 aliphatic heterocycles. The van der Waals surface area contributed by atoms with Gasteiger partial charge in [0.1, 0.15) is 29.6 Å². The summed E-state index contributed by atoms with van der Waals surface area (Å²) < 4.78 is 25.9. The Labute approximate surface area is 167 Å². The number of aromatic nitrogens is 2. The molecule has 0 saturated heterocycles. The lowest BCUT2D eigenvalue weighted by Gasteiger charge is -2.11. The number of ether oxygens (including phenoxy) is 2. The Hall–Kier alpha value is -3.12. The van der Waals surface area contributed by atoms with Crippen molar-refractivity contribution in [2.75, 3.05) is 7.11 Å². The fourth-order valence-electron chi connectivity index (χ4n) is 2.55. The smallest absolute Gasteiger partial charge is 0.206 e. The topological polar surface area (TPSA) is 53.4 Å². The predicted molar refractivity (Wildman–Crippen MR) is 105 cm³/mol. The Kier molecular flexibility index (Phi) is 6.11. The molecule has 144 valence electrons. The third-order valence-electron chi connectivity index (χ3n) is 3.98. The van der Waals surface area contributed by atoms with Gasteiger partial charge in [-0.25, -0.2) is 4.39 Å². The largest absolute Gasteiger partial charge is 0.496 e. The second-order valence-corrected chi connectivity index (χ2v) is 6.42. The van der Waals surface area contributed by atoms with Crippen molar-refractivity contribution in [2.24, 2.45) is 7.05 Å². The highest BCUT2D eigenvalue weighted by molar-refractivity contribution is 6.30. The molecule has 7 heteroatoms. The summed E-state index contributed by atoms with van der Waals surface area (Å²) in [7, 11) is 3.32. The highest BCUT2D eigenvalue weighted by Gasteiger charge is 2.08. The van der Waals surface area contributed by atoms with Crippen LogP contribution in [0.2, 0.25) is 5.02 Å². The Balaban J connectivity index is 1.74. The van der Waals surface area contributed by atoms with Gasteiger partial charge in [-0.15, -0.1) is 0 Å². The minimum Gasteiger partial charge on any atom is -0.496 e. The summed E-state index contributed by atoms with van der Waals surface area (Å²) in [6.45, 7) is 0.195. The average Bonchev–Trinajstić information content (AvgIpc) is 3.13. The van der Waals surface area contributed by atoms with Gasteiger partial charge in [0, 0.05) is 24.9 Å². The van der Waals surface area contributed by atoms with Crippen LogP contribution in [0.4, 0.5) is 4.39 Å². The first-order valence-corrected chi connectivity index (χ1v) is 8.81. The zero-order chi connectivity index (χ0) is 20.1. The van der Waals surface area contributed by atoms with E-state index in [9.17, 15) is 9.18 Å². The fourth-order valence-corrected chi connectivity index (χ4v) is 2.72. The van der Waals surface area contributed by atoms with Crippen LogP contribution in [0.1, 0.15) is 21.6 Å². The van der Waals surface area contributed by atoms with Crippen LogP contribution in [0, 0.1) is 5.82 Å². The molecule has 0 spiro atoms. The molecule has 0 bridgehead atoms. The zero-order valence-corrected chi connectivity index (χ0v) is 16.1. The number of allylic oxidation sites excluding steroid dienone is 1. The first-order valence-electron chi connectivity index (χ1n) is 8.43. The monoisotopic (exact) mass is 400 g/mol. The van der Waals surface area contributed by atoms with E-state index in [1.807, 2.05) is 12.1 Å². The van der Waals surface area contributed by atoms with E-state index >= 15 is 0 Å². The molecule has 0 amide bonds. The van der Waals surface area contributed by atoms with Gasteiger partial charge in [0.25, 0.3) is 0 Å². The van der Waals surface area contributed by atoms with Gasteiger partial charge < -0.3 is 9.47 Å². The van der Waals surface area contributed by atoms with Crippen molar-refractivity contribution in [3.63, 3.8) is 0 Å². The number of nitrogens with zero attached hydrogens (tertiary/aromatic N) is 2. The number of carbonyl (C=O) groups excluding carboxylic acids is 1. The molecule has 0 aliphatic carbocycles. The van der Waals surface area contributed by atoms with Crippen LogP contribution in [-0.4, -0.2) is 22.7 Å². The molecule has 0 saturated carbocycles. The third kappa shape index (κ3) is 4.78. The number of hydrogen-bond acceptors (Lipinski definition) is 4. The maximum absolute atomic E-state index is 13.3. The second kappa shape index (κ2) is 8.71. The van der Waals surface area contributed by atoms with Crippen molar-refractivity contribution in [1.82, 2.24) is 9.78 Å². The van der Waals surface area contributed by atoms with Crippen LogP contribution in [0.3, 0.4) is 0 Å². The van der Waals surface area contributed by atoms with Crippen LogP contribution in [0.15, 0.2) is 54.7 Å². The van der Waals surface area contributed by atoms with E-state index < -0.39 is 5.82 Å². The van der Waals surface area contributed by atoms with E-state index in [4.69, 9.17) is 21.1 Å². The lowest BCUT2D eigenvalue weighted by molar-refractivity contribution is 0.104. The summed E-state index contributed by atoms with van der Waals surface area (Å²) in [5, 5.41) is 4.08. The number of benzene rings is 2. The number of hydrogen-bond donors (Lipinski definition) is 0. The predicted octanol–water partition coefficient (Wildman–Crippen LogP) is 4.70. The van der Waals surface area contributed by atoms with Gasteiger partial charge in [-0.3, -0.25) is 9.48 Å². The van der Waals surface area contributed by atoms with Crippen molar-refractivity contribution in [3.8, 4) is 11.5 Å². The molecule has 3 aromatic rings. The van der Waals surface area contributed by atoms with Crippen LogP contribution >= 0.6 is 11.6 Å². The summed E-state index contributed by atoms with van der Waals surface area (Å²) in [4.78, 5) is 12.2. The van der Waals surface area contributed by atoms with Crippen LogP contribution in [-0.2, 0) is 13.7 Å². The SMILES string of the molecule is COc1ccc(/C=C/C(=O)c2ccn(C)n2)cc1COc1ccc(F)c(Cl)c1. The summed E-state index contributed by atoms with van der Waals surface area (Å²) in [6, 6.07) is 11.3. The summed E-state index contributed by atoms with van der Waals surface area (Å²) in [5.74, 6) is 0.396. The zero-order valence-electron chi connectivity index (χ0n) is 15.4. The van der Waals surface area contributed by atoms with Gasteiger partial charge in [0.15, 0.2) is 0 Å². The van der Waals surface area contributed by atoms with Crippen molar-refractivity contribution in [2.45, 2.75) is 6.61 Å². The molecular weight excluding hydrogens is 383 g/mol. The number of carbonyl (C=O) groups is 1. The molecule has 0 aliphatic rings. The van der Waals surface area contributed by atoms with E-state index in [-0.39, 0.29) is 17.4 Å². The average molecular weight is 401 g/mol. The third-order valence-corrected chi connectivity index (χ3v) is 4.27. The van der Waals surface area contributed by atoms with E-state index in [1.165, 1.54) is 24.3 Å². The number of ketones is 1. The number of rotatable bonds is 7. The van der Waals surface area contributed by atoms with Crippen molar-refractivity contribution in [3.05, 3.63) is 82.4 Å². The van der Waals surface area contributed by atoms with Gasteiger partial charge in [-0.2, -0.15) is 5.10 Å². The molecule has 0 atom stereocenters. The maximum Gasteiger partial charge on any atom is 0.206 e. The Morgan fingerprint density at radius 2 is 2.07 bits per heavy atom. The van der Waals surface area contributed by atoms with Gasteiger partial charge in [0.05, 0.1) is 12.1 Å². The first kappa shape index (κ1) is 19.6. The van der Waals surface area contributed by atoms with Gasteiger partial charge >= 0.3 is 0 Å². The van der Waals surface area contributed by atoms with E-state index in [2.05, 4.69) is 5.10 Å². The molecule has 28 heavy (non-hydrogen) atoms.